The van der Waals surface area contributed by atoms with Crippen molar-refractivity contribution >= 4 is 10.1 Å². The lowest BCUT2D eigenvalue weighted by atomic mass is 9.92. The Balaban J connectivity index is 1.37. The molecule has 2 aliphatic rings. The van der Waals surface area contributed by atoms with Gasteiger partial charge >= 0.3 is 10.1 Å². The van der Waals surface area contributed by atoms with Crippen molar-refractivity contribution in [2.75, 3.05) is 13.2 Å². The molecular formula is C22H26O5S. The number of aryl methyl sites for hydroxylation is 1. The first-order valence-corrected chi connectivity index (χ1v) is 11.2. The molecule has 2 aliphatic heterocycles. The molecule has 150 valence electrons. The van der Waals surface area contributed by atoms with Crippen LogP contribution in [0.5, 0.6) is 5.75 Å². The van der Waals surface area contributed by atoms with Crippen LogP contribution in [0.3, 0.4) is 0 Å². The molecule has 0 aromatic heterocycles. The minimum atomic E-state index is -3.82. The molecular weight excluding hydrogens is 376 g/mol. The van der Waals surface area contributed by atoms with E-state index in [1.807, 2.05) is 19.1 Å². The fourth-order valence-corrected chi connectivity index (χ4v) is 4.88. The van der Waals surface area contributed by atoms with Gasteiger partial charge in [0.15, 0.2) is 5.79 Å². The van der Waals surface area contributed by atoms with Gasteiger partial charge in [0.1, 0.15) is 10.6 Å². The third-order valence-corrected chi connectivity index (χ3v) is 6.72. The largest absolute Gasteiger partial charge is 0.379 e. The molecule has 2 fully saturated rings. The fraction of sp³-hybridized carbons (Fsp3) is 0.455. The Labute approximate surface area is 166 Å². The third kappa shape index (κ3) is 4.40. The lowest BCUT2D eigenvalue weighted by Gasteiger charge is -2.32. The van der Waals surface area contributed by atoms with Gasteiger partial charge in [0.25, 0.3) is 0 Å². The minimum Gasteiger partial charge on any atom is -0.379 e. The Bertz CT molecular complexity index is 897. The summed E-state index contributed by atoms with van der Waals surface area (Å²) in [6.45, 7) is 3.40. The smallest absolute Gasteiger partial charge is 0.339 e. The molecule has 2 saturated heterocycles. The van der Waals surface area contributed by atoms with Crippen LogP contribution in [0.2, 0.25) is 0 Å². The highest BCUT2D eigenvalue weighted by atomic mass is 32.2. The standard InChI is InChI=1S/C22H26O5S/c1-17-4-10-21(11-5-17)28(23,24)27-20-8-6-18(7-9-20)14-19-15-22(26-16-19)12-2-3-13-25-22/h4-11,19H,2-3,12-16H2,1H3/t19-,22+/m1/s1. The maximum absolute atomic E-state index is 12.4. The highest BCUT2D eigenvalue weighted by Crippen LogP contribution is 2.39. The van der Waals surface area contributed by atoms with Crippen LogP contribution in [0.25, 0.3) is 0 Å². The normalized spacial score (nSPS) is 25.1. The van der Waals surface area contributed by atoms with E-state index in [9.17, 15) is 8.42 Å². The summed E-state index contributed by atoms with van der Waals surface area (Å²) < 4.78 is 42.0. The maximum Gasteiger partial charge on any atom is 0.339 e. The van der Waals surface area contributed by atoms with Crippen molar-refractivity contribution in [2.45, 2.75) is 49.7 Å². The summed E-state index contributed by atoms with van der Waals surface area (Å²) in [4.78, 5) is 0.156. The van der Waals surface area contributed by atoms with Gasteiger partial charge in [-0.15, -0.1) is 0 Å². The van der Waals surface area contributed by atoms with Gasteiger partial charge in [0.2, 0.25) is 0 Å². The first kappa shape index (κ1) is 19.4. The number of ether oxygens (including phenoxy) is 2. The second kappa shape index (κ2) is 7.85. The highest BCUT2D eigenvalue weighted by Gasteiger charge is 2.42. The molecule has 1 spiro atoms. The maximum atomic E-state index is 12.4. The topological polar surface area (TPSA) is 61.8 Å². The van der Waals surface area contributed by atoms with Crippen molar-refractivity contribution in [3.05, 3.63) is 59.7 Å². The van der Waals surface area contributed by atoms with E-state index in [0.717, 1.165) is 49.8 Å². The van der Waals surface area contributed by atoms with Gasteiger partial charge in [-0.2, -0.15) is 8.42 Å². The van der Waals surface area contributed by atoms with E-state index in [0.29, 0.717) is 18.3 Å². The Kier molecular flexibility index (Phi) is 5.45. The molecule has 0 N–H and O–H groups in total. The van der Waals surface area contributed by atoms with Gasteiger partial charge < -0.3 is 13.7 Å². The summed E-state index contributed by atoms with van der Waals surface area (Å²) in [5.74, 6) is 0.369. The van der Waals surface area contributed by atoms with Crippen LogP contribution in [0.4, 0.5) is 0 Å². The molecule has 2 heterocycles. The van der Waals surface area contributed by atoms with Crippen molar-refractivity contribution in [3.63, 3.8) is 0 Å². The van der Waals surface area contributed by atoms with E-state index in [2.05, 4.69) is 0 Å². The Morgan fingerprint density at radius 2 is 1.79 bits per heavy atom. The summed E-state index contributed by atoms with van der Waals surface area (Å²) in [5.41, 5.74) is 2.14. The molecule has 2 aromatic carbocycles. The third-order valence-electron chi connectivity index (χ3n) is 5.46. The van der Waals surface area contributed by atoms with E-state index in [1.54, 1.807) is 36.4 Å². The van der Waals surface area contributed by atoms with E-state index < -0.39 is 10.1 Å². The Morgan fingerprint density at radius 1 is 1.04 bits per heavy atom. The highest BCUT2D eigenvalue weighted by molar-refractivity contribution is 7.87. The van der Waals surface area contributed by atoms with E-state index in [4.69, 9.17) is 13.7 Å². The zero-order chi connectivity index (χ0) is 19.6. The SMILES string of the molecule is Cc1ccc(S(=O)(=O)Oc2ccc(C[C@H]3CO[C@@]4(CCCCO4)C3)cc2)cc1. The molecule has 2 atom stereocenters. The van der Waals surface area contributed by atoms with E-state index >= 15 is 0 Å². The van der Waals surface area contributed by atoms with Crippen LogP contribution in [0.15, 0.2) is 53.4 Å². The van der Waals surface area contributed by atoms with Crippen LogP contribution in [-0.2, 0) is 26.0 Å². The van der Waals surface area contributed by atoms with Crippen LogP contribution in [0.1, 0.15) is 36.8 Å². The molecule has 28 heavy (non-hydrogen) atoms. The first-order chi connectivity index (χ1) is 13.4. The molecule has 0 amide bonds. The van der Waals surface area contributed by atoms with Crippen LogP contribution < -0.4 is 4.18 Å². The second-order valence-electron chi connectivity index (χ2n) is 7.80. The average Bonchev–Trinajstić information content (AvgIpc) is 3.06. The monoisotopic (exact) mass is 402 g/mol. The molecule has 5 nitrogen and oxygen atoms in total. The molecule has 4 rings (SSSR count). The molecule has 0 unspecified atom stereocenters. The van der Waals surface area contributed by atoms with Crippen LogP contribution in [-0.4, -0.2) is 27.4 Å². The first-order valence-electron chi connectivity index (χ1n) is 9.82. The summed E-state index contributed by atoms with van der Waals surface area (Å²) >= 11 is 0. The van der Waals surface area contributed by atoms with Crippen molar-refractivity contribution in [2.24, 2.45) is 5.92 Å². The van der Waals surface area contributed by atoms with E-state index in [-0.39, 0.29) is 10.7 Å². The average molecular weight is 403 g/mol. The van der Waals surface area contributed by atoms with Crippen molar-refractivity contribution in [1.29, 1.82) is 0 Å². The molecule has 0 radical (unpaired) electrons. The summed E-state index contributed by atoms with van der Waals surface area (Å²) in [7, 11) is -3.82. The van der Waals surface area contributed by atoms with E-state index in [1.165, 1.54) is 0 Å². The molecule has 2 aromatic rings. The minimum absolute atomic E-state index is 0.156. The second-order valence-corrected chi connectivity index (χ2v) is 9.34. The van der Waals surface area contributed by atoms with Gasteiger partial charge in [0, 0.05) is 12.8 Å². The van der Waals surface area contributed by atoms with Crippen molar-refractivity contribution in [3.8, 4) is 5.75 Å². The zero-order valence-electron chi connectivity index (χ0n) is 16.1. The molecule has 6 heteroatoms. The van der Waals surface area contributed by atoms with Crippen molar-refractivity contribution < 1.29 is 22.1 Å². The molecule has 0 bridgehead atoms. The van der Waals surface area contributed by atoms with Gasteiger partial charge in [-0.1, -0.05) is 29.8 Å². The fourth-order valence-electron chi connectivity index (χ4n) is 3.95. The summed E-state index contributed by atoms with van der Waals surface area (Å²) in [6.07, 6.45) is 5.06. The van der Waals surface area contributed by atoms with Gasteiger partial charge in [-0.25, -0.2) is 0 Å². The number of rotatable bonds is 5. The number of hydrogen-bond donors (Lipinski definition) is 0. The number of hydrogen-bond acceptors (Lipinski definition) is 5. The lowest BCUT2D eigenvalue weighted by molar-refractivity contribution is -0.229. The quantitative estimate of drug-likeness (QED) is 0.700. The van der Waals surface area contributed by atoms with Crippen LogP contribution >= 0.6 is 0 Å². The zero-order valence-corrected chi connectivity index (χ0v) is 16.9. The Morgan fingerprint density at radius 3 is 2.46 bits per heavy atom. The van der Waals surface area contributed by atoms with Crippen LogP contribution in [0, 0.1) is 12.8 Å². The van der Waals surface area contributed by atoms with Crippen molar-refractivity contribution in [1.82, 2.24) is 0 Å². The summed E-state index contributed by atoms with van der Waals surface area (Å²) in [6, 6.07) is 13.9. The predicted molar refractivity (Wildman–Crippen MR) is 106 cm³/mol. The lowest BCUT2D eigenvalue weighted by Crippen LogP contribution is -2.35. The van der Waals surface area contributed by atoms with Gasteiger partial charge in [-0.05, 0) is 61.9 Å². The van der Waals surface area contributed by atoms with Gasteiger partial charge in [0.05, 0.1) is 13.2 Å². The molecule has 0 saturated carbocycles. The van der Waals surface area contributed by atoms with Gasteiger partial charge in [-0.3, -0.25) is 0 Å². The number of benzene rings is 2. The Hall–Kier alpha value is -1.89. The molecule has 0 aliphatic carbocycles. The predicted octanol–water partition coefficient (Wildman–Crippen LogP) is 4.24. The summed E-state index contributed by atoms with van der Waals surface area (Å²) in [5, 5.41) is 0.